The van der Waals surface area contributed by atoms with E-state index in [9.17, 15) is 4.79 Å². The summed E-state index contributed by atoms with van der Waals surface area (Å²) in [6.07, 6.45) is 3.39. The molecule has 1 unspecified atom stereocenters. The lowest BCUT2D eigenvalue weighted by molar-refractivity contribution is -0.113. The Hall–Kier alpha value is -3.24. The second kappa shape index (κ2) is 8.71. The molecule has 5 heteroatoms. The van der Waals surface area contributed by atoms with Crippen LogP contribution in [-0.4, -0.2) is 5.78 Å². The molecule has 0 fully saturated rings. The average molecular weight is 445 g/mol. The number of carbonyl (C=O) groups excluding carboxylic acids is 1. The fourth-order valence-electron chi connectivity index (χ4n) is 4.50. The molecule has 2 N–H and O–H groups in total. The highest BCUT2D eigenvalue weighted by molar-refractivity contribution is 6.33. The van der Waals surface area contributed by atoms with Gasteiger partial charge in [0.15, 0.2) is 5.78 Å². The van der Waals surface area contributed by atoms with Crippen LogP contribution in [0.3, 0.4) is 0 Å². The number of hydrogen-bond donors (Lipinski definition) is 2. The monoisotopic (exact) mass is 444 g/mol. The van der Waals surface area contributed by atoms with E-state index in [0.717, 1.165) is 41.1 Å². The predicted molar refractivity (Wildman–Crippen MR) is 129 cm³/mol. The van der Waals surface area contributed by atoms with E-state index in [-0.39, 0.29) is 11.8 Å². The van der Waals surface area contributed by atoms with Crippen molar-refractivity contribution in [3.63, 3.8) is 0 Å². The first-order valence-corrected chi connectivity index (χ1v) is 11.3. The van der Waals surface area contributed by atoms with Crippen LogP contribution >= 0.6 is 11.6 Å². The number of carbonyl (C=O) groups is 1. The fraction of sp³-hybridized carbons (Fsp3) is 0.222. The van der Waals surface area contributed by atoms with Gasteiger partial charge in [-0.3, -0.25) is 4.79 Å². The maximum absolute atomic E-state index is 12.6. The first kappa shape index (κ1) is 20.7. The van der Waals surface area contributed by atoms with Gasteiger partial charge in [0, 0.05) is 6.07 Å². The second-order valence-electron chi connectivity index (χ2n) is 8.35. The lowest BCUT2D eigenvalue weighted by atomic mass is 9.94. The molecule has 0 radical (unpaired) electrons. The minimum Gasteiger partial charge on any atom is -0.489 e. The number of ketones is 1. The highest BCUT2D eigenvalue weighted by atomic mass is 35.5. The van der Waals surface area contributed by atoms with Crippen LogP contribution in [0.5, 0.6) is 5.75 Å². The highest BCUT2D eigenvalue weighted by Crippen LogP contribution is 2.40. The van der Waals surface area contributed by atoms with Gasteiger partial charge in [0.05, 0.1) is 23.0 Å². The summed E-state index contributed by atoms with van der Waals surface area (Å²) in [6, 6.07) is 22.0. The van der Waals surface area contributed by atoms with Crippen molar-refractivity contribution in [3.8, 4) is 5.75 Å². The molecule has 162 valence electrons. The van der Waals surface area contributed by atoms with Gasteiger partial charge < -0.3 is 15.4 Å². The molecule has 5 rings (SSSR count). The van der Waals surface area contributed by atoms with Crippen LogP contribution in [0.15, 0.2) is 77.5 Å². The minimum atomic E-state index is -0.323. The summed E-state index contributed by atoms with van der Waals surface area (Å²) in [4.78, 5) is 12.6. The van der Waals surface area contributed by atoms with E-state index in [2.05, 4.69) is 28.8 Å². The first-order valence-electron chi connectivity index (χ1n) is 10.9. The topological polar surface area (TPSA) is 50.4 Å². The Morgan fingerprint density at radius 1 is 1.00 bits per heavy atom. The van der Waals surface area contributed by atoms with Gasteiger partial charge in [0.1, 0.15) is 17.5 Å². The zero-order chi connectivity index (χ0) is 22.1. The summed E-state index contributed by atoms with van der Waals surface area (Å²) < 4.78 is 5.98. The smallest absolute Gasteiger partial charge is 0.161 e. The van der Waals surface area contributed by atoms with Gasteiger partial charge in [-0.15, -0.1) is 0 Å². The molecule has 3 aromatic rings. The Bertz CT molecular complexity index is 1200. The lowest BCUT2D eigenvalue weighted by Crippen LogP contribution is -2.18. The van der Waals surface area contributed by atoms with Gasteiger partial charge >= 0.3 is 0 Å². The number of hydrogen-bond acceptors (Lipinski definition) is 4. The highest BCUT2D eigenvalue weighted by Gasteiger charge is 2.28. The maximum Gasteiger partial charge on any atom is 0.161 e. The largest absolute Gasteiger partial charge is 0.489 e. The molecule has 0 aromatic heterocycles. The van der Waals surface area contributed by atoms with E-state index in [0.29, 0.717) is 17.3 Å². The summed E-state index contributed by atoms with van der Waals surface area (Å²) in [6.45, 7) is 2.04. The molecule has 32 heavy (non-hydrogen) atoms. The molecular formula is C27H25ClN2O2. The molecule has 1 aliphatic heterocycles. The quantitative estimate of drug-likeness (QED) is 0.449. The number of ether oxygens (including phenoxy) is 1. The molecule has 2 aliphatic rings. The second-order valence-corrected chi connectivity index (χ2v) is 8.73. The summed E-state index contributed by atoms with van der Waals surface area (Å²) in [5.41, 5.74) is 7.11. The standard InChI is InChI=1S/C27H25ClN2O2/c1-17(31)25-26(21-11-10-19-8-5-9-20(19)14-21)29-23-13-12-22(15-24(23)30-27(25)28)32-16-18-6-3-2-4-7-18/h2-4,6-7,10-15,26,29-30H,5,8-9,16H2,1H3. The summed E-state index contributed by atoms with van der Waals surface area (Å²) in [5, 5.41) is 7.12. The SMILES string of the molecule is CC(=O)C1=C(Cl)Nc2cc(OCc3ccccc3)ccc2NC1c1ccc2c(c1)CCC2. The van der Waals surface area contributed by atoms with Crippen molar-refractivity contribution < 1.29 is 9.53 Å². The van der Waals surface area contributed by atoms with Crippen LogP contribution in [0.2, 0.25) is 0 Å². The third-order valence-electron chi connectivity index (χ3n) is 6.14. The molecule has 0 spiro atoms. The van der Waals surface area contributed by atoms with E-state index < -0.39 is 0 Å². The van der Waals surface area contributed by atoms with Crippen LogP contribution in [0.25, 0.3) is 0 Å². The fourth-order valence-corrected chi connectivity index (χ4v) is 4.85. The summed E-state index contributed by atoms with van der Waals surface area (Å²) in [7, 11) is 0. The number of Topliss-reactive ketones (excluding diaryl/α,β-unsaturated/α-hetero) is 1. The van der Waals surface area contributed by atoms with Crippen molar-refractivity contribution >= 4 is 28.8 Å². The number of anilines is 2. The van der Waals surface area contributed by atoms with Gasteiger partial charge in [-0.25, -0.2) is 0 Å². The summed E-state index contributed by atoms with van der Waals surface area (Å²) >= 11 is 6.66. The van der Waals surface area contributed by atoms with Crippen molar-refractivity contribution in [2.45, 2.75) is 38.8 Å². The molecule has 0 amide bonds. The van der Waals surface area contributed by atoms with Crippen LogP contribution < -0.4 is 15.4 Å². The number of aryl methyl sites for hydroxylation is 2. The van der Waals surface area contributed by atoms with Crippen molar-refractivity contribution in [2.75, 3.05) is 10.6 Å². The number of halogens is 1. The normalized spacial score (nSPS) is 17.0. The Morgan fingerprint density at radius 2 is 1.81 bits per heavy atom. The molecule has 1 aliphatic carbocycles. The van der Waals surface area contributed by atoms with Crippen LogP contribution in [0.1, 0.15) is 41.6 Å². The van der Waals surface area contributed by atoms with Gasteiger partial charge in [0.25, 0.3) is 0 Å². The number of nitrogens with one attached hydrogen (secondary N) is 2. The van der Waals surface area contributed by atoms with Gasteiger partial charge in [-0.1, -0.05) is 60.1 Å². The lowest BCUT2D eigenvalue weighted by Gasteiger charge is -2.22. The van der Waals surface area contributed by atoms with Gasteiger partial charge in [0.2, 0.25) is 0 Å². The van der Waals surface area contributed by atoms with Crippen LogP contribution in [0, 0.1) is 0 Å². The third-order valence-corrected chi connectivity index (χ3v) is 6.44. The van der Waals surface area contributed by atoms with E-state index in [4.69, 9.17) is 16.3 Å². The number of rotatable bonds is 5. The van der Waals surface area contributed by atoms with E-state index in [1.54, 1.807) is 6.92 Å². The van der Waals surface area contributed by atoms with Gasteiger partial charge in [-0.2, -0.15) is 0 Å². The third kappa shape index (κ3) is 4.11. The van der Waals surface area contributed by atoms with E-state index in [1.807, 2.05) is 48.5 Å². The van der Waals surface area contributed by atoms with Crippen LogP contribution in [0.4, 0.5) is 11.4 Å². The van der Waals surface area contributed by atoms with E-state index in [1.165, 1.54) is 17.5 Å². The number of benzene rings is 3. The average Bonchev–Trinajstić information content (AvgIpc) is 3.21. The van der Waals surface area contributed by atoms with Gasteiger partial charge in [-0.05, 0) is 60.6 Å². The molecular weight excluding hydrogens is 420 g/mol. The van der Waals surface area contributed by atoms with Crippen molar-refractivity contribution in [1.82, 2.24) is 0 Å². The minimum absolute atomic E-state index is 0.0612. The van der Waals surface area contributed by atoms with Crippen molar-refractivity contribution in [3.05, 3.63) is 99.7 Å². The molecule has 1 atom stereocenters. The molecule has 3 aromatic carbocycles. The Balaban J connectivity index is 1.46. The number of fused-ring (bicyclic) bond motifs is 2. The maximum atomic E-state index is 12.6. The molecule has 1 heterocycles. The molecule has 4 nitrogen and oxygen atoms in total. The Labute approximate surface area is 193 Å². The van der Waals surface area contributed by atoms with E-state index >= 15 is 0 Å². The molecule has 0 saturated carbocycles. The Morgan fingerprint density at radius 3 is 2.62 bits per heavy atom. The summed E-state index contributed by atoms with van der Waals surface area (Å²) in [5.74, 6) is 0.667. The molecule has 0 saturated heterocycles. The van der Waals surface area contributed by atoms with Crippen molar-refractivity contribution in [1.29, 1.82) is 0 Å². The van der Waals surface area contributed by atoms with Crippen molar-refractivity contribution in [2.24, 2.45) is 0 Å². The first-order chi connectivity index (χ1) is 15.6. The Kier molecular flexibility index (Phi) is 5.62. The molecule has 0 bridgehead atoms. The zero-order valence-electron chi connectivity index (χ0n) is 18.0. The predicted octanol–water partition coefficient (Wildman–Crippen LogP) is 6.37. The zero-order valence-corrected chi connectivity index (χ0v) is 18.7. The van der Waals surface area contributed by atoms with Crippen LogP contribution in [-0.2, 0) is 24.2 Å².